The SMILES string of the molecule is CCSc1cccc(N(C)Cc2ccccc2C)c1C#N. The lowest BCUT2D eigenvalue weighted by atomic mass is 10.1. The van der Waals surface area contributed by atoms with Gasteiger partial charge in [-0.1, -0.05) is 37.3 Å². The van der Waals surface area contributed by atoms with Gasteiger partial charge in [-0.15, -0.1) is 11.8 Å². The summed E-state index contributed by atoms with van der Waals surface area (Å²) in [6, 6.07) is 16.8. The number of thioether (sulfide) groups is 1. The molecule has 2 nitrogen and oxygen atoms in total. The van der Waals surface area contributed by atoms with Crippen LogP contribution in [0.4, 0.5) is 5.69 Å². The van der Waals surface area contributed by atoms with Crippen molar-refractivity contribution in [1.82, 2.24) is 0 Å². The molecule has 3 heteroatoms. The largest absolute Gasteiger partial charge is 0.369 e. The molecule has 0 N–H and O–H groups in total. The molecule has 0 aliphatic rings. The van der Waals surface area contributed by atoms with E-state index in [4.69, 9.17) is 0 Å². The minimum absolute atomic E-state index is 0.778. The van der Waals surface area contributed by atoms with E-state index in [0.717, 1.165) is 28.4 Å². The molecule has 2 rings (SSSR count). The van der Waals surface area contributed by atoms with Gasteiger partial charge in [0.25, 0.3) is 0 Å². The normalized spacial score (nSPS) is 10.2. The van der Waals surface area contributed by atoms with Crippen molar-refractivity contribution in [3.05, 3.63) is 59.2 Å². The number of nitriles is 1. The highest BCUT2D eigenvalue weighted by molar-refractivity contribution is 7.99. The first kappa shape index (κ1) is 15.5. The first-order valence-electron chi connectivity index (χ1n) is 7.09. The van der Waals surface area contributed by atoms with Crippen LogP contribution >= 0.6 is 11.8 Å². The first-order chi connectivity index (χ1) is 10.2. The number of benzene rings is 2. The summed E-state index contributed by atoms with van der Waals surface area (Å²) in [6.07, 6.45) is 0. The Hall–Kier alpha value is -1.92. The Morgan fingerprint density at radius 1 is 1.14 bits per heavy atom. The summed E-state index contributed by atoms with van der Waals surface area (Å²) in [7, 11) is 2.04. The van der Waals surface area contributed by atoms with Crippen LogP contribution in [0.1, 0.15) is 23.6 Å². The summed E-state index contributed by atoms with van der Waals surface area (Å²) in [5.74, 6) is 0.972. The quantitative estimate of drug-likeness (QED) is 0.754. The maximum absolute atomic E-state index is 9.51. The third-order valence-electron chi connectivity index (χ3n) is 3.50. The highest BCUT2D eigenvalue weighted by Gasteiger charge is 2.12. The van der Waals surface area contributed by atoms with Gasteiger partial charge in [0, 0.05) is 18.5 Å². The van der Waals surface area contributed by atoms with Crippen LogP contribution in [0.15, 0.2) is 47.4 Å². The molecule has 2 aromatic rings. The molecular weight excluding hydrogens is 276 g/mol. The van der Waals surface area contributed by atoms with E-state index in [1.807, 2.05) is 25.2 Å². The summed E-state index contributed by atoms with van der Waals surface area (Å²) in [5.41, 5.74) is 4.35. The molecule has 0 bridgehead atoms. The van der Waals surface area contributed by atoms with Crippen molar-refractivity contribution in [3.8, 4) is 6.07 Å². The lowest BCUT2D eigenvalue weighted by molar-refractivity contribution is 0.909. The van der Waals surface area contributed by atoms with E-state index in [1.54, 1.807) is 11.8 Å². The Morgan fingerprint density at radius 3 is 2.57 bits per heavy atom. The molecule has 0 aromatic heterocycles. The molecule has 0 saturated carbocycles. The third kappa shape index (κ3) is 3.59. The summed E-state index contributed by atoms with van der Waals surface area (Å²) in [4.78, 5) is 3.22. The molecule has 0 saturated heterocycles. The van der Waals surface area contributed by atoms with Crippen molar-refractivity contribution in [1.29, 1.82) is 5.26 Å². The molecule has 0 radical (unpaired) electrons. The second-order valence-corrected chi connectivity index (χ2v) is 6.28. The van der Waals surface area contributed by atoms with E-state index in [9.17, 15) is 5.26 Å². The molecule has 0 aliphatic carbocycles. The van der Waals surface area contributed by atoms with Crippen molar-refractivity contribution in [2.45, 2.75) is 25.3 Å². The van der Waals surface area contributed by atoms with E-state index in [2.05, 4.69) is 49.1 Å². The number of aryl methyl sites for hydroxylation is 1. The van der Waals surface area contributed by atoms with E-state index >= 15 is 0 Å². The van der Waals surface area contributed by atoms with Crippen molar-refractivity contribution in [3.63, 3.8) is 0 Å². The number of nitrogens with zero attached hydrogens (tertiary/aromatic N) is 2. The summed E-state index contributed by atoms with van der Waals surface area (Å²) >= 11 is 1.72. The number of anilines is 1. The predicted octanol–water partition coefficient (Wildman–Crippen LogP) is 4.62. The molecular formula is C18H20N2S. The van der Waals surface area contributed by atoms with E-state index in [-0.39, 0.29) is 0 Å². The Kier molecular flexibility index (Phi) is 5.30. The van der Waals surface area contributed by atoms with Crippen LogP contribution in [0.5, 0.6) is 0 Å². The Bertz CT molecular complexity index is 659. The van der Waals surface area contributed by atoms with E-state index in [0.29, 0.717) is 0 Å². The van der Waals surface area contributed by atoms with Gasteiger partial charge >= 0.3 is 0 Å². The highest BCUT2D eigenvalue weighted by atomic mass is 32.2. The van der Waals surface area contributed by atoms with Crippen LogP contribution < -0.4 is 4.90 Å². The van der Waals surface area contributed by atoms with Crippen molar-refractivity contribution < 1.29 is 0 Å². The fourth-order valence-electron chi connectivity index (χ4n) is 2.35. The van der Waals surface area contributed by atoms with E-state index < -0.39 is 0 Å². The first-order valence-corrected chi connectivity index (χ1v) is 8.07. The van der Waals surface area contributed by atoms with Gasteiger partial charge in [0.1, 0.15) is 6.07 Å². The van der Waals surface area contributed by atoms with Gasteiger partial charge < -0.3 is 4.90 Å². The second kappa shape index (κ2) is 7.19. The topological polar surface area (TPSA) is 27.0 Å². The number of hydrogen-bond acceptors (Lipinski definition) is 3. The summed E-state index contributed by atoms with van der Waals surface area (Å²) < 4.78 is 0. The average molecular weight is 296 g/mol. The van der Waals surface area contributed by atoms with Crippen LogP contribution in [0.2, 0.25) is 0 Å². The van der Waals surface area contributed by atoms with Gasteiger partial charge in [0.15, 0.2) is 0 Å². The lowest BCUT2D eigenvalue weighted by Crippen LogP contribution is -2.18. The highest BCUT2D eigenvalue weighted by Crippen LogP contribution is 2.30. The predicted molar refractivity (Wildman–Crippen MR) is 90.8 cm³/mol. The molecule has 0 aliphatic heterocycles. The van der Waals surface area contributed by atoms with Gasteiger partial charge in [0.05, 0.1) is 11.3 Å². The minimum atomic E-state index is 0.778. The molecule has 0 heterocycles. The standard InChI is InChI=1S/C18H20N2S/c1-4-21-18-11-7-10-17(16(18)12-19)20(3)13-15-9-6-5-8-14(15)2/h5-11H,4,13H2,1-3H3. The Labute approximate surface area is 131 Å². The van der Waals surface area contributed by atoms with Crippen LogP contribution in [-0.4, -0.2) is 12.8 Å². The third-order valence-corrected chi connectivity index (χ3v) is 4.44. The van der Waals surface area contributed by atoms with Crippen molar-refractivity contribution in [2.75, 3.05) is 17.7 Å². The monoisotopic (exact) mass is 296 g/mol. The van der Waals surface area contributed by atoms with Gasteiger partial charge in [-0.05, 0) is 35.9 Å². The van der Waals surface area contributed by atoms with E-state index in [1.165, 1.54) is 11.1 Å². The summed E-state index contributed by atoms with van der Waals surface area (Å²) in [5, 5.41) is 9.51. The molecule has 0 atom stereocenters. The fourth-order valence-corrected chi connectivity index (χ4v) is 3.13. The average Bonchev–Trinajstić information content (AvgIpc) is 2.49. The zero-order valence-electron chi connectivity index (χ0n) is 12.8. The van der Waals surface area contributed by atoms with Crippen molar-refractivity contribution >= 4 is 17.4 Å². The molecule has 108 valence electrons. The Balaban J connectivity index is 2.31. The van der Waals surface area contributed by atoms with Crippen LogP contribution in [0.3, 0.4) is 0 Å². The zero-order chi connectivity index (χ0) is 15.2. The molecule has 0 unspecified atom stereocenters. The number of rotatable bonds is 5. The van der Waals surface area contributed by atoms with Crippen LogP contribution in [0, 0.1) is 18.3 Å². The maximum Gasteiger partial charge on any atom is 0.103 e. The molecule has 0 fully saturated rings. The van der Waals surface area contributed by atoms with Gasteiger partial charge in [-0.3, -0.25) is 0 Å². The Morgan fingerprint density at radius 2 is 1.90 bits per heavy atom. The second-order valence-electron chi connectivity index (χ2n) is 4.98. The number of hydrogen-bond donors (Lipinski definition) is 0. The zero-order valence-corrected chi connectivity index (χ0v) is 13.6. The summed E-state index contributed by atoms with van der Waals surface area (Å²) in [6.45, 7) is 5.04. The smallest absolute Gasteiger partial charge is 0.103 e. The molecule has 0 spiro atoms. The van der Waals surface area contributed by atoms with Gasteiger partial charge in [-0.2, -0.15) is 5.26 Å². The van der Waals surface area contributed by atoms with Crippen LogP contribution in [-0.2, 0) is 6.54 Å². The molecule has 0 amide bonds. The maximum atomic E-state index is 9.51. The molecule has 21 heavy (non-hydrogen) atoms. The van der Waals surface area contributed by atoms with Gasteiger partial charge in [-0.25, -0.2) is 0 Å². The van der Waals surface area contributed by atoms with Crippen LogP contribution in [0.25, 0.3) is 0 Å². The molecule has 2 aromatic carbocycles. The van der Waals surface area contributed by atoms with Gasteiger partial charge in [0.2, 0.25) is 0 Å². The minimum Gasteiger partial charge on any atom is -0.369 e. The lowest BCUT2D eigenvalue weighted by Gasteiger charge is -2.22. The van der Waals surface area contributed by atoms with Crippen molar-refractivity contribution in [2.24, 2.45) is 0 Å². The fraction of sp³-hybridized carbons (Fsp3) is 0.278.